The molecule has 0 bridgehead atoms. The summed E-state index contributed by atoms with van der Waals surface area (Å²) in [5.74, 6) is -6.57. The fourth-order valence-electron chi connectivity index (χ4n) is 6.32. The van der Waals surface area contributed by atoms with Gasteiger partial charge in [-0.15, -0.1) is 0 Å². The third kappa shape index (κ3) is 18.7. The molecule has 0 aromatic carbocycles. The van der Waals surface area contributed by atoms with Gasteiger partial charge in [-0.2, -0.15) is 12.6 Å². The van der Waals surface area contributed by atoms with E-state index in [1.54, 1.807) is 13.8 Å². The Kier molecular flexibility index (Phi) is 24.7. The van der Waals surface area contributed by atoms with Crippen molar-refractivity contribution >= 4 is 59.9 Å². The molecular formula is C37H68N10O10S. The number of unbranched alkanes of at least 4 members (excludes halogenated alkanes) is 2. The summed E-state index contributed by atoms with van der Waals surface area (Å²) in [7, 11) is 0. The van der Waals surface area contributed by atoms with Crippen LogP contribution < -0.4 is 49.1 Å². The number of nitrogens with one attached hydrogen (secondary N) is 6. The monoisotopic (exact) mass is 844 g/mol. The number of thiol groups is 1. The molecule has 1 aliphatic rings. The molecule has 0 saturated carbocycles. The first-order chi connectivity index (χ1) is 27.4. The van der Waals surface area contributed by atoms with Crippen molar-refractivity contribution in [3.8, 4) is 0 Å². The van der Waals surface area contributed by atoms with E-state index >= 15 is 0 Å². The second-order valence-corrected chi connectivity index (χ2v) is 15.8. The Hall–Kier alpha value is -4.05. The highest BCUT2D eigenvalue weighted by molar-refractivity contribution is 7.80. The van der Waals surface area contributed by atoms with Gasteiger partial charge in [-0.3, -0.25) is 33.6 Å². The number of hydrogen-bond acceptors (Lipinski definition) is 13. The number of aliphatic hydroxyl groups excluding tert-OH is 1. The number of amides is 7. The zero-order chi connectivity index (χ0) is 43.9. The lowest BCUT2D eigenvalue weighted by Gasteiger charge is -2.29. The number of hydrogen-bond donors (Lipinski definition) is 12. The second-order valence-electron chi connectivity index (χ2n) is 15.4. The van der Waals surface area contributed by atoms with E-state index in [-0.39, 0.29) is 42.8 Å². The van der Waals surface area contributed by atoms with Crippen LogP contribution in [0.1, 0.15) is 91.9 Å². The van der Waals surface area contributed by atoms with Crippen molar-refractivity contribution in [2.24, 2.45) is 29.0 Å². The van der Waals surface area contributed by atoms with Gasteiger partial charge in [-0.25, -0.2) is 4.79 Å². The van der Waals surface area contributed by atoms with E-state index in [1.807, 2.05) is 13.8 Å². The van der Waals surface area contributed by atoms with Gasteiger partial charge in [0.2, 0.25) is 41.4 Å². The maximum atomic E-state index is 13.7. The molecule has 0 aliphatic carbocycles. The molecule has 58 heavy (non-hydrogen) atoms. The van der Waals surface area contributed by atoms with Crippen molar-refractivity contribution in [1.29, 1.82) is 0 Å². The third-order valence-electron chi connectivity index (χ3n) is 9.44. The fraction of sp³-hybridized carbons (Fsp3) is 0.784. The molecule has 1 fully saturated rings. The number of likely N-dealkylation sites (tertiary alicyclic amines) is 1. The van der Waals surface area contributed by atoms with Crippen LogP contribution in [-0.2, 0) is 38.4 Å². The maximum absolute atomic E-state index is 13.7. The van der Waals surface area contributed by atoms with Crippen LogP contribution in [0.3, 0.4) is 0 Å². The first-order valence-electron chi connectivity index (χ1n) is 20.1. The van der Waals surface area contributed by atoms with Crippen LogP contribution in [0.4, 0.5) is 0 Å². The predicted octanol–water partition coefficient (Wildman–Crippen LogP) is -2.80. The lowest BCUT2D eigenvalue weighted by molar-refractivity contribution is -0.142. The topological polar surface area (TPSA) is 330 Å². The van der Waals surface area contributed by atoms with Crippen molar-refractivity contribution < 1.29 is 48.6 Å². The standard InChI is InChI=1S/C37H68N10O10S/c1-21(2)16-25(31(50)41-18-30(49)42-26(17-22(3)4)33(52)45-27(19-48)34(53)46-28(20-58)37(56)57)44-32(51)24(11-6-8-14-39)43-35(54)29-12-9-15-47(29)36(55)23(40)10-5-7-13-38/h21-29,48,58H,5-20,38-40H2,1-4H3,(H,41,50)(H,42,49)(H,43,54)(H,44,51)(H,45,52)(H,46,53)(H,56,57)/t23-,24-,25-,26-,27-,28-,29-/m0/s1. The molecule has 1 saturated heterocycles. The molecule has 0 aromatic heterocycles. The number of carboxylic acids is 1. The molecular weight excluding hydrogens is 777 g/mol. The predicted molar refractivity (Wildman–Crippen MR) is 219 cm³/mol. The van der Waals surface area contributed by atoms with Crippen molar-refractivity contribution in [3.05, 3.63) is 0 Å². The number of aliphatic hydroxyl groups is 1. The van der Waals surface area contributed by atoms with Gasteiger partial charge in [0.1, 0.15) is 36.3 Å². The molecule has 332 valence electrons. The SMILES string of the molecule is CC(C)C[C@H](NC(=O)CNC(=O)[C@H](CC(C)C)NC(=O)[C@H](CCCCN)NC(=O)[C@@H]1CCCN1C(=O)[C@@H](N)CCCCN)C(=O)N[C@@H](CO)C(=O)N[C@@H](CS)C(=O)O. The summed E-state index contributed by atoms with van der Waals surface area (Å²) >= 11 is 3.88. The van der Waals surface area contributed by atoms with Crippen molar-refractivity contribution in [2.45, 2.75) is 134 Å². The number of carbonyl (C=O) groups excluding carboxylic acids is 7. The van der Waals surface area contributed by atoms with Crippen LogP contribution in [0.5, 0.6) is 0 Å². The molecule has 0 aromatic rings. The number of carboxylic acid groups (broad SMARTS) is 1. The number of carbonyl (C=O) groups is 8. The molecule has 7 atom stereocenters. The number of aliphatic carboxylic acids is 1. The average molecular weight is 845 g/mol. The van der Waals surface area contributed by atoms with Crippen molar-refractivity contribution in [2.75, 3.05) is 38.5 Å². The van der Waals surface area contributed by atoms with Crippen LogP contribution in [0, 0.1) is 11.8 Å². The largest absolute Gasteiger partial charge is 0.480 e. The maximum Gasteiger partial charge on any atom is 0.327 e. The van der Waals surface area contributed by atoms with Crippen LogP contribution in [0.15, 0.2) is 0 Å². The normalized spacial score (nSPS) is 17.0. The molecule has 14 N–H and O–H groups in total. The lowest BCUT2D eigenvalue weighted by Crippen LogP contribution is -2.58. The Morgan fingerprint density at radius 2 is 1.22 bits per heavy atom. The summed E-state index contributed by atoms with van der Waals surface area (Å²) in [6.07, 6.45) is 4.36. The van der Waals surface area contributed by atoms with E-state index < -0.39 is 96.9 Å². The highest BCUT2D eigenvalue weighted by atomic mass is 32.1. The van der Waals surface area contributed by atoms with Crippen LogP contribution in [0.2, 0.25) is 0 Å². The van der Waals surface area contributed by atoms with E-state index in [9.17, 15) is 48.6 Å². The Morgan fingerprint density at radius 1 is 0.707 bits per heavy atom. The Morgan fingerprint density at radius 3 is 1.76 bits per heavy atom. The third-order valence-corrected chi connectivity index (χ3v) is 9.80. The highest BCUT2D eigenvalue weighted by Crippen LogP contribution is 2.20. The van der Waals surface area contributed by atoms with Crippen LogP contribution in [0.25, 0.3) is 0 Å². The van der Waals surface area contributed by atoms with Crippen molar-refractivity contribution in [3.63, 3.8) is 0 Å². The molecule has 21 heteroatoms. The van der Waals surface area contributed by atoms with Crippen LogP contribution >= 0.6 is 12.6 Å². The highest BCUT2D eigenvalue weighted by Gasteiger charge is 2.38. The lowest BCUT2D eigenvalue weighted by atomic mass is 10.0. The number of nitrogens with zero attached hydrogens (tertiary/aromatic N) is 1. The van der Waals surface area contributed by atoms with Gasteiger partial charge in [0.25, 0.3) is 0 Å². The Bertz CT molecular complexity index is 1370. The molecule has 0 unspecified atom stereocenters. The molecule has 0 radical (unpaired) electrons. The van der Waals surface area contributed by atoms with Crippen LogP contribution in [-0.4, -0.2) is 143 Å². The van der Waals surface area contributed by atoms with E-state index in [0.717, 1.165) is 6.42 Å². The molecule has 20 nitrogen and oxygen atoms in total. The van der Waals surface area contributed by atoms with Gasteiger partial charge in [-0.1, -0.05) is 34.1 Å². The van der Waals surface area contributed by atoms with E-state index in [0.29, 0.717) is 58.2 Å². The molecule has 0 spiro atoms. The summed E-state index contributed by atoms with van der Waals surface area (Å²) in [4.78, 5) is 105. The first kappa shape index (κ1) is 52.0. The van der Waals surface area contributed by atoms with Gasteiger partial charge < -0.3 is 64.2 Å². The second kappa shape index (κ2) is 27.6. The fourth-order valence-corrected chi connectivity index (χ4v) is 6.56. The minimum absolute atomic E-state index is 0.0865. The Labute approximate surface area is 346 Å². The first-order valence-corrected chi connectivity index (χ1v) is 20.7. The Balaban J connectivity index is 3.04. The number of rotatable bonds is 28. The van der Waals surface area contributed by atoms with Gasteiger partial charge >= 0.3 is 5.97 Å². The summed E-state index contributed by atoms with van der Waals surface area (Å²) in [6.45, 7) is 6.97. The summed E-state index contributed by atoms with van der Waals surface area (Å²) in [5.41, 5.74) is 17.4. The van der Waals surface area contributed by atoms with Gasteiger partial charge in [0, 0.05) is 12.3 Å². The zero-order valence-electron chi connectivity index (χ0n) is 34.3. The molecule has 1 aliphatic heterocycles. The summed E-state index contributed by atoms with van der Waals surface area (Å²) in [6, 6.07) is -7.88. The molecule has 7 amide bonds. The number of nitrogens with two attached hydrogens (primary N) is 3. The minimum atomic E-state index is -1.53. The molecule has 1 rings (SSSR count). The summed E-state index contributed by atoms with van der Waals surface area (Å²) < 4.78 is 0. The molecule has 1 heterocycles. The average Bonchev–Trinajstić information content (AvgIpc) is 3.66. The minimum Gasteiger partial charge on any atom is -0.480 e. The van der Waals surface area contributed by atoms with Crippen molar-refractivity contribution in [1.82, 2.24) is 36.8 Å². The van der Waals surface area contributed by atoms with E-state index in [1.165, 1.54) is 4.90 Å². The smallest absolute Gasteiger partial charge is 0.327 e. The summed E-state index contributed by atoms with van der Waals surface area (Å²) in [5, 5.41) is 33.9. The quantitative estimate of drug-likeness (QED) is 0.0280. The van der Waals surface area contributed by atoms with E-state index in [4.69, 9.17) is 17.2 Å². The van der Waals surface area contributed by atoms with E-state index in [2.05, 4.69) is 44.5 Å². The van der Waals surface area contributed by atoms with Gasteiger partial charge in [0.15, 0.2) is 0 Å². The van der Waals surface area contributed by atoms with Gasteiger partial charge in [-0.05, 0) is 82.7 Å². The zero-order valence-corrected chi connectivity index (χ0v) is 35.2. The van der Waals surface area contributed by atoms with Gasteiger partial charge in [0.05, 0.1) is 19.2 Å².